The van der Waals surface area contributed by atoms with Crippen molar-refractivity contribution in [2.75, 3.05) is 0 Å². The molecule has 0 bridgehead atoms. The van der Waals surface area contributed by atoms with Crippen molar-refractivity contribution in [1.29, 1.82) is 0 Å². The molecule has 0 aliphatic carbocycles. The molecule has 10 heavy (non-hydrogen) atoms. The third-order valence-electron chi connectivity index (χ3n) is 0.927. The van der Waals surface area contributed by atoms with Gasteiger partial charge in [0.1, 0.15) is 0 Å². The zero-order valence-electron chi connectivity index (χ0n) is 5.21. The minimum Gasteiger partial charge on any atom is -0.391 e. The molecule has 0 fully saturated rings. The van der Waals surface area contributed by atoms with Gasteiger partial charge in [-0.05, 0) is 12.1 Å². The van der Waals surface area contributed by atoms with Crippen molar-refractivity contribution in [3.8, 4) is 0 Å². The fourth-order valence-electron chi connectivity index (χ4n) is 0.539. The highest BCUT2D eigenvalue weighted by Crippen LogP contribution is 2.14. The highest BCUT2D eigenvalue weighted by molar-refractivity contribution is 7.10. The lowest BCUT2D eigenvalue weighted by Crippen LogP contribution is -1.78. The Hall–Kier alpha value is -0.900. The lowest BCUT2D eigenvalue weighted by molar-refractivity contribution is 0.135. The lowest BCUT2D eigenvalue weighted by Gasteiger charge is -1.91. The Kier molecular flexibility index (Phi) is 2.39. The van der Waals surface area contributed by atoms with Gasteiger partial charge in [-0.3, -0.25) is 0 Å². The zero-order valence-corrected chi connectivity index (χ0v) is 6.03. The molecular weight excluding hydrogens is 153 g/mol. The van der Waals surface area contributed by atoms with E-state index in [1.165, 1.54) is 6.07 Å². The minimum absolute atomic E-state index is 0.206. The largest absolute Gasteiger partial charge is 0.391 e. The third kappa shape index (κ3) is 1.80. The van der Waals surface area contributed by atoms with Crippen molar-refractivity contribution in [3.63, 3.8) is 0 Å². The van der Waals surface area contributed by atoms with Crippen LogP contribution in [0.25, 0.3) is 0 Å². The van der Waals surface area contributed by atoms with E-state index in [2.05, 4.69) is 16.7 Å². The van der Waals surface area contributed by atoms with Crippen LogP contribution in [0.4, 0.5) is 4.39 Å². The smallest absolute Gasteiger partial charge is 0.176 e. The molecule has 0 radical (unpaired) electrons. The van der Waals surface area contributed by atoms with E-state index in [9.17, 15) is 4.39 Å². The van der Waals surface area contributed by atoms with E-state index >= 15 is 0 Å². The molecular formula is C6H6FNOS. The predicted octanol–water partition coefficient (Wildman–Crippen LogP) is 2.02. The topological polar surface area (TPSA) is 21.6 Å². The van der Waals surface area contributed by atoms with Crippen molar-refractivity contribution < 1.29 is 9.23 Å². The molecule has 1 rings (SSSR count). The molecule has 0 saturated carbocycles. The Labute approximate surface area is 61.9 Å². The molecule has 0 N–H and O–H groups in total. The van der Waals surface area contributed by atoms with Crippen LogP contribution in [0.2, 0.25) is 0 Å². The van der Waals surface area contributed by atoms with Crippen molar-refractivity contribution >= 4 is 18.1 Å². The number of hydrogen-bond acceptors (Lipinski definition) is 3. The second-order valence-electron chi connectivity index (χ2n) is 1.61. The van der Waals surface area contributed by atoms with Gasteiger partial charge in [-0.2, -0.15) is 4.39 Å². The summed E-state index contributed by atoms with van der Waals surface area (Å²) in [4.78, 5) is 5.40. The van der Waals surface area contributed by atoms with Gasteiger partial charge < -0.3 is 4.84 Å². The fraction of sp³-hybridized carbons (Fsp3) is 0.167. The first-order valence-corrected chi connectivity index (χ1v) is 3.47. The van der Waals surface area contributed by atoms with Crippen molar-refractivity contribution in [2.24, 2.45) is 5.16 Å². The molecule has 0 amide bonds. The van der Waals surface area contributed by atoms with E-state index in [-0.39, 0.29) is 5.13 Å². The van der Waals surface area contributed by atoms with E-state index in [4.69, 9.17) is 0 Å². The maximum Gasteiger partial charge on any atom is 0.176 e. The number of rotatable bonds is 3. The summed E-state index contributed by atoms with van der Waals surface area (Å²) in [6, 6.07) is 3.05. The maximum absolute atomic E-state index is 12.3. The van der Waals surface area contributed by atoms with E-state index < -0.39 is 0 Å². The molecule has 0 atom stereocenters. The first kappa shape index (κ1) is 7.21. The summed E-state index contributed by atoms with van der Waals surface area (Å²) < 4.78 is 12.3. The number of halogens is 1. The van der Waals surface area contributed by atoms with Gasteiger partial charge in [0.2, 0.25) is 0 Å². The Bertz CT molecular complexity index is 223. The van der Waals surface area contributed by atoms with E-state index in [0.29, 0.717) is 6.61 Å². The van der Waals surface area contributed by atoms with Gasteiger partial charge in [0, 0.05) is 11.6 Å². The molecule has 1 aromatic heterocycles. The predicted molar refractivity (Wildman–Crippen MR) is 38.6 cm³/mol. The SMILES string of the molecule is C=NOCc1ccc(F)s1. The lowest BCUT2D eigenvalue weighted by atomic mass is 10.5. The molecule has 1 aromatic rings. The van der Waals surface area contributed by atoms with Crippen LogP contribution in [-0.4, -0.2) is 6.72 Å². The summed E-state index contributed by atoms with van der Waals surface area (Å²) in [5.74, 6) is 0. The van der Waals surface area contributed by atoms with Crippen LogP contribution in [0.3, 0.4) is 0 Å². The second-order valence-corrected chi connectivity index (χ2v) is 2.73. The monoisotopic (exact) mass is 159 g/mol. The molecule has 1 heterocycles. The zero-order chi connectivity index (χ0) is 7.40. The third-order valence-corrected chi connectivity index (χ3v) is 1.77. The van der Waals surface area contributed by atoms with Gasteiger partial charge in [0.25, 0.3) is 0 Å². The van der Waals surface area contributed by atoms with E-state index in [1.807, 2.05) is 0 Å². The average molecular weight is 159 g/mol. The van der Waals surface area contributed by atoms with Crippen LogP contribution in [0.15, 0.2) is 17.3 Å². The van der Waals surface area contributed by atoms with Crippen molar-refractivity contribution in [2.45, 2.75) is 6.61 Å². The highest BCUT2D eigenvalue weighted by Gasteiger charge is 1.97. The molecule has 54 valence electrons. The number of hydrogen-bond donors (Lipinski definition) is 0. The van der Waals surface area contributed by atoms with Gasteiger partial charge in [-0.25, -0.2) is 0 Å². The molecule has 0 unspecified atom stereocenters. The average Bonchev–Trinajstić information content (AvgIpc) is 2.31. The first-order valence-electron chi connectivity index (χ1n) is 2.65. The Morgan fingerprint density at radius 2 is 2.50 bits per heavy atom. The van der Waals surface area contributed by atoms with Crippen LogP contribution < -0.4 is 0 Å². The van der Waals surface area contributed by atoms with Gasteiger partial charge in [-0.1, -0.05) is 0 Å². The standard InChI is InChI=1S/C6H6FNOS/c1-8-9-4-5-2-3-6(7)10-5/h2-3H,1,4H2. The minimum atomic E-state index is -0.206. The number of oxime groups is 1. The molecule has 4 heteroatoms. The summed E-state index contributed by atoms with van der Waals surface area (Å²) >= 11 is 1.05. The van der Waals surface area contributed by atoms with E-state index in [1.54, 1.807) is 6.07 Å². The van der Waals surface area contributed by atoms with Gasteiger partial charge in [0.15, 0.2) is 11.7 Å². The number of thiophene rings is 1. The van der Waals surface area contributed by atoms with Crippen LogP contribution in [0, 0.1) is 5.13 Å². The Morgan fingerprint density at radius 1 is 1.70 bits per heavy atom. The second kappa shape index (κ2) is 3.31. The Morgan fingerprint density at radius 3 is 3.00 bits per heavy atom. The maximum atomic E-state index is 12.3. The van der Waals surface area contributed by atoms with Crippen molar-refractivity contribution in [1.82, 2.24) is 0 Å². The molecule has 0 aliphatic heterocycles. The van der Waals surface area contributed by atoms with Gasteiger partial charge in [-0.15, -0.1) is 16.5 Å². The summed E-state index contributed by atoms with van der Waals surface area (Å²) in [6.45, 7) is 3.42. The van der Waals surface area contributed by atoms with Gasteiger partial charge >= 0.3 is 0 Å². The molecule has 2 nitrogen and oxygen atoms in total. The Balaban J connectivity index is 2.49. The summed E-state index contributed by atoms with van der Waals surface area (Å²) in [5.41, 5.74) is 0. The highest BCUT2D eigenvalue weighted by atomic mass is 32.1. The summed E-state index contributed by atoms with van der Waals surface area (Å²) in [6.07, 6.45) is 0. The van der Waals surface area contributed by atoms with Crippen molar-refractivity contribution in [3.05, 3.63) is 22.1 Å². The number of nitrogens with zero attached hydrogens (tertiary/aromatic N) is 1. The molecule has 0 aliphatic rings. The van der Waals surface area contributed by atoms with Crippen LogP contribution in [-0.2, 0) is 11.4 Å². The normalized spacial score (nSPS) is 9.30. The van der Waals surface area contributed by atoms with E-state index in [0.717, 1.165) is 16.2 Å². The fourth-order valence-corrected chi connectivity index (χ4v) is 1.17. The molecule has 0 spiro atoms. The first-order chi connectivity index (χ1) is 4.83. The summed E-state index contributed by atoms with van der Waals surface area (Å²) in [5, 5.41) is 2.97. The quantitative estimate of drug-likeness (QED) is 0.488. The molecule has 0 aromatic carbocycles. The van der Waals surface area contributed by atoms with Crippen LogP contribution in [0.5, 0.6) is 0 Å². The van der Waals surface area contributed by atoms with Crippen LogP contribution >= 0.6 is 11.3 Å². The van der Waals surface area contributed by atoms with Crippen LogP contribution in [0.1, 0.15) is 4.88 Å². The van der Waals surface area contributed by atoms with Gasteiger partial charge in [0.05, 0.1) is 0 Å². The molecule has 0 saturated heterocycles. The summed E-state index contributed by atoms with van der Waals surface area (Å²) in [7, 11) is 0.